The van der Waals surface area contributed by atoms with Crippen molar-refractivity contribution in [2.24, 2.45) is 0 Å². The molecule has 0 radical (unpaired) electrons. The van der Waals surface area contributed by atoms with E-state index >= 15 is 0 Å². The van der Waals surface area contributed by atoms with Crippen LogP contribution < -0.4 is 19.1 Å². The smallest absolute Gasteiger partial charge is 0.301 e. The fourth-order valence-corrected chi connectivity index (χ4v) is 6.33. The van der Waals surface area contributed by atoms with Crippen molar-refractivity contribution in [3.05, 3.63) is 118 Å². The van der Waals surface area contributed by atoms with Crippen LogP contribution in [0.25, 0.3) is 16.0 Å². The van der Waals surface area contributed by atoms with Gasteiger partial charge in [0, 0.05) is 10.6 Å². The number of fused-ring (bicyclic) bond motifs is 1. The lowest BCUT2D eigenvalue weighted by molar-refractivity contribution is -0.132. The first-order chi connectivity index (χ1) is 21.9. The zero-order valence-corrected chi connectivity index (χ0v) is 26.1. The Hall–Kier alpha value is -4.86. The molecule has 1 aliphatic rings. The third kappa shape index (κ3) is 6.09. The third-order valence-electron chi connectivity index (χ3n) is 7.25. The summed E-state index contributed by atoms with van der Waals surface area (Å²) in [6, 6.07) is 25.9. The molecular weight excluding hydrogens is 612 g/mol. The van der Waals surface area contributed by atoms with Crippen molar-refractivity contribution in [3.8, 4) is 17.2 Å². The van der Waals surface area contributed by atoms with Crippen LogP contribution in [-0.4, -0.2) is 35.0 Å². The molecule has 1 aromatic heterocycles. The van der Waals surface area contributed by atoms with Gasteiger partial charge in [0.05, 0.1) is 35.0 Å². The number of hydrogen-bond donors (Lipinski definition) is 1. The van der Waals surface area contributed by atoms with Gasteiger partial charge in [-0.1, -0.05) is 59.3 Å². The molecule has 1 aliphatic heterocycles. The van der Waals surface area contributed by atoms with Crippen molar-refractivity contribution in [2.45, 2.75) is 26.5 Å². The van der Waals surface area contributed by atoms with E-state index in [-0.39, 0.29) is 11.3 Å². The molecule has 2 heterocycles. The van der Waals surface area contributed by atoms with E-state index in [9.17, 15) is 14.7 Å². The normalized spacial score (nSPS) is 15.9. The number of aromatic nitrogens is 1. The second-order valence-electron chi connectivity index (χ2n) is 10.1. The van der Waals surface area contributed by atoms with Crippen molar-refractivity contribution in [1.29, 1.82) is 0 Å². The van der Waals surface area contributed by atoms with E-state index in [0.29, 0.717) is 63.9 Å². The van der Waals surface area contributed by atoms with Gasteiger partial charge in [0.15, 0.2) is 16.6 Å². The highest BCUT2D eigenvalue weighted by atomic mass is 35.5. The SMILES string of the molecule is CCOc1ccc2nc(N3C(=O)C(=O)C(=C(O)c4ccc(Cl)cc4)C3c3ccc(OCc4ccccc4)c(OCC)c3)sc2c1. The number of rotatable bonds is 10. The fraction of sp³-hybridized carbons (Fsp3) is 0.171. The van der Waals surface area contributed by atoms with Crippen LogP contribution in [0.2, 0.25) is 5.02 Å². The molecule has 5 aromatic rings. The number of carbonyl (C=O) groups is 2. The van der Waals surface area contributed by atoms with E-state index in [4.69, 9.17) is 30.8 Å². The van der Waals surface area contributed by atoms with Gasteiger partial charge in [-0.2, -0.15) is 0 Å². The number of nitrogens with zero attached hydrogens (tertiary/aromatic N) is 2. The monoisotopic (exact) mass is 640 g/mol. The number of ketones is 1. The molecule has 1 unspecified atom stereocenters. The summed E-state index contributed by atoms with van der Waals surface area (Å²) in [5, 5.41) is 12.3. The van der Waals surface area contributed by atoms with Gasteiger partial charge in [0.25, 0.3) is 5.78 Å². The molecule has 8 nitrogen and oxygen atoms in total. The van der Waals surface area contributed by atoms with Crippen molar-refractivity contribution in [1.82, 2.24) is 4.98 Å². The van der Waals surface area contributed by atoms with Crippen molar-refractivity contribution in [3.63, 3.8) is 0 Å². The Balaban J connectivity index is 1.48. The van der Waals surface area contributed by atoms with Crippen LogP contribution in [0.1, 0.15) is 36.6 Å². The van der Waals surface area contributed by atoms with Gasteiger partial charge in [-0.15, -0.1) is 0 Å². The van der Waals surface area contributed by atoms with Crippen molar-refractivity contribution >= 4 is 55.7 Å². The Labute approximate surface area is 269 Å². The molecule has 0 bridgehead atoms. The summed E-state index contributed by atoms with van der Waals surface area (Å²) in [5.74, 6) is -0.337. The van der Waals surface area contributed by atoms with E-state index in [1.165, 1.54) is 16.2 Å². The highest BCUT2D eigenvalue weighted by molar-refractivity contribution is 7.22. The van der Waals surface area contributed by atoms with Crippen LogP contribution in [0.5, 0.6) is 17.2 Å². The number of aliphatic hydroxyl groups excluding tert-OH is 1. The molecule has 4 aromatic carbocycles. The summed E-state index contributed by atoms with van der Waals surface area (Å²) in [5.41, 5.74) is 2.45. The lowest BCUT2D eigenvalue weighted by Gasteiger charge is -2.24. The minimum Gasteiger partial charge on any atom is -0.507 e. The molecule has 45 heavy (non-hydrogen) atoms. The molecule has 1 atom stereocenters. The number of halogens is 1. The fourth-order valence-electron chi connectivity index (χ4n) is 5.18. The molecule has 0 saturated carbocycles. The lowest BCUT2D eigenvalue weighted by Crippen LogP contribution is -2.29. The predicted molar refractivity (Wildman–Crippen MR) is 175 cm³/mol. The Morgan fingerprint density at radius 1 is 0.889 bits per heavy atom. The molecule has 6 rings (SSSR count). The van der Waals surface area contributed by atoms with E-state index in [0.717, 1.165) is 10.3 Å². The Bertz CT molecular complexity index is 1910. The van der Waals surface area contributed by atoms with E-state index < -0.39 is 17.7 Å². The summed E-state index contributed by atoms with van der Waals surface area (Å²) < 4.78 is 18.5. The predicted octanol–water partition coefficient (Wildman–Crippen LogP) is 7.95. The molecule has 1 N–H and O–H groups in total. The highest BCUT2D eigenvalue weighted by Gasteiger charge is 2.48. The number of benzene rings is 4. The van der Waals surface area contributed by atoms with Gasteiger partial charge in [0.1, 0.15) is 18.1 Å². The second-order valence-corrected chi connectivity index (χ2v) is 11.6. The van der Waals surface area contributed by atoms with Crippen LogP contribution in [0.15, 0.2) is 96.6 Å². The topological polar surface area (TPSA) is 98.2 Å². The van der Waals surface area contributed by atoms with Crippen molar-refractivity contribution < 1.29 is 28.9 Å². The maximum atomic E-state index is 13.8. The molecule has 1 saturated heterocycles. The van der Waals surface area contributed by atoms with Crippen LogP contribution in [0, 0.1) is 0 Å². The van der Waals surface area contributed by atoms with Crippen molar-refractivity contribution in [2.75, 3.05) is 18.1 Å². The number of ether oxygens (including phenoxy) is 3. The second kappa shape index (κ2) is 13.0. The molecule has 228 valence electrons. The lowest BCUT2D eigenvalue weighted by atomic mass is 9.95. The zero-order valence-electron chi connectivity index (χ0n) is 24.5. The number of anilines is 1. The average Bonchev–Trinajstić information content (AvgIpc) is 3.58. The number of aliphatic hydroxyl groups is 1. The highest BCUT2D eigenvalue weighted by Crippen LogP contribution is 2.46. The molecule has 10 heteroatoms. The molecule has 1 fully saturated rings. The number of amides is 1. The van der Waals surface area contributed by atoms with E-state index in [1.54, 1.807) is 42.5 Å². The average molecular weight is 641 g/mol. The molecule has 1 amide bonds. The number of Topliss-reactive ketones (excluding diaryl/α,β-unsaturated/α-hetero) is 1. The maximum absolute atomic E-state index is 13.8. The summed E-state index contributed by atoms with van der Waals surface area (Å²) in [7, 11) is 0. The molecular formula is C35H29ClN2O6S. The largest absolute Gasteiger partial charge is 0.507 e. The third-order valence-corrected chi connectivity index (χ3v) is 8.52. The number of thiazole rings is 1. The van der Waals surface area contributed by atoms with E-state index in [2.05, 4.69) is 0 Å². The van der Waals surface area contributed by atoms with Crippen LogP contribution in [0.3, 0.4) is 0 Å². The minimum atomic E-state index is -1.00. The summed E-state index contributed by atoms with van der Waals surface area (Å²) >= 11 is 7.34. The van der Waals surface area contributed by atoms with Gasteiger partial charge in [-0.25, -0.2) is 4.98 Å². The Morgan fingerprint density at radius 3 is 2.38 bits per heavy atom. The summed E-state index contributed by atoms with van der Waals surface area (Å²) in [6.45, 7) is 4.94. The Morgan fingerprint density at radius 2 is 1.64 bits per heavy atom. The molecule has 0 aliphatic carbocycles. The maximum Gasteiger partial charge on any atom is 0.301 e. The quantitative estimate of drug-likeness (QED) is 0.0939. The minimum absolute atomic E-state index is 0.0722. The first-order valence-electron chi connectivity index (χ1n) is 14.4. The van der Waals surface area contributed by atoms with Gasteiger partial charge in [-0.05, 0) is 79.6 Å². The molecule has 0 spiro atoms. The van der Waals surface area contributed by atoms with E-state index in [1.807, 2.05) is 62.4 Å². The number of hydrogen-bond acceptors (Lipinski definition) is 8. The number of carbonyl (C=O) groups excluding carboxylic acids is 2. The van der Waals surface area contributed by atoms with Crippen LogP contribution in [-0.2, 0) is 16.2 Å². The standard InChI is InChI=1S/C35H29ClN2O6S/c1-3-42-25-15-16-26-29(19-25)45-35(37-26)38-31(30(33(40)34(38)41)32(39)22-10-13-24(36)14-11-22)23-12-17-27(28(18-23)43-4-2)44-20-21-8-6-5-7-9-21/h5-19,31,39H,3-4,20H2,1-2H3. The van der Waals surface area contributed by atoms with Gasteiger partial charge in [-0.3, -0.25) is 14.5 Å². The van der Waals surface area contributed by atoms with Crippen LogP contribution >= 0.6 is 22.9 Å². The first-order valence-corrected chi connectivity index (χ1v) is 15.6. The van der Waals surface area contributed by atoms with Gasteiger partial charge < -0.3 is 19.3 Å². The van der Waals surface area contributed by atoms with Gasteiger partial charge >= 0.3 is 5.91 Å². The zero-order chi connectivity index (χ0) is 31.5. The van der Waals surface area contributed by atoms with Gasteiger partial charge in [0.2, 0.25) is 0 Å². The van der Waals surface area contributed by atoms with Crippen LogP contribution in [0.4, 0.5) is 5.13 Å². The summed E-state index contributed by atoms with van der Waals surface area (Å²) in [4.78, 5) is 33.5. The summed E-state index contributed by atoms with van der Waals surface area (Å²) in [6.07, 6.45) is 0. The Kier molecular flexibility index (Phi) is 8.73. The first kappa shape index (κ1) is 30.2.